The summed E-state index contributed by atoms with van der Waals surface area (Å²) < 4.78 is 77.1. The number of carbonyl (C=O) groups excluding carboxylic acids is 1. The maximum atomic E-state index is 12.4. The molecule has 0 fully saturated rings. The van der Waals surface area contributed by atoms with Crippen LogP contribution in [0.15, 0.2) is 48.5 Å². The normalized spacial score (nSPS) is 11.8. The SMILES string of the molecule is O=C(NCc1ccc(C(F)(F)F)cc1)Nc1ccc(OC(F)(F)F)cc1. The Kier molecular flexibility index (Phi) is 5.63. The number of ether oxygens (including phenoxy) is 1. The first-order valence-electron chi connectivity index (χ1n) is 7.10. The number of amides is 2. The van der Waals surface area contributed by atoms with E-state index >= 15 is 0 Å². The third-order valence-corrected chi connectivity index (χ3v) is 3.08. The zero-order valence-electron chi connectivity index (χ0n) is 12.9. The summed E-state index contributed by atoms with van der Waals surface area (Å²) in [7, 11) is 0. The van der Waals surface area contributed by atoms with Crippen LogP contribution in [0, 0.1) is 0 Å². The predicted molar refractivity (Wildman–Crippen MR) is 80.4 cm³/mol. The van der Waals surface area contributed by atoms with Crippen molar-refractivity contribution in [3.8, 4) is 5.75 Å². The molecule has 0 aliphatic heterocycles. The van der Waals surface area contributed by atoms with Gasteiger partial charge in [0.1, 0.15) is 5.75 Å². The van der Waals surface area contributed by atoms with E-state index in [9.17, 15) is 31.1 Å². The lowest BCUT2D eigenvalue weighted by molar-refractivity contribution is -0.274. The summed E-state index contributed by atoms with van der Waals surface area (Å²) in [4.78, 5) is 11.7. The molecule has 2 rings (SSSR count). The molecule has 0 heterocycles. The molecule has 0 atom stereocenters. The summed E-state index contributed by atoms with van der Waals surface area (Å²) in [6.45, 7) is -0.0285. The van der Waals surface area contributed by atoms with Crippen LogP contribution in [0.3, 0.4) is 0 Å². The second-order valence-electron chi connectivity index (χ2n) is 5.07. The van der Waals surface area contributed by atoms with Gasteiger partial charge in [-0.15, -0.1) is 13.2 Å². The molecule has 2 amide bonds. The molecule has 0 saturated carbocycles. The van der Waals surface area contributed by atoms with Crippen LogP contribution in [0.25, 0.3) is 0 Å². The number of benzene rings is 2. The van der Waals surface area contributed by atoms with E-state index in [0.717, 1.165) is 24.3 Å². The average molecular weight is 378 g/mol. The van der Waals surface area contributed by atoms with Gasteiger partial charge in [-0.25, -0.2) is 4.79 Å². The van der Waals surface area contributed by atoms with Crippen molar-refractivity contribution in [2.45, 2.75) is 19.1 Å². The van der Waals surface area contributed by atoms with Crippen molar-refractivity contribution in [3.05, 3.63) is 59.7 Å². The van der Waals surface area contributed by atoms with Crippen molar-refractivity contribution in [1.82, 2.24) is 5.32 Å². The minimum Gasteiger partial charge on any atom is -0.406 e. The van der Waals surface area contributed by atoms with Crippen LogP contribution in [-0.4, -0.2) is 12.4 Å². The topological polar surface area (TPSA) is 50.4 Å². The van der Waals surface area contributed by atoms with E-state index in [2.05, 4.69) is 15.4 Å². The third-order valence-electron chi connectivity index (χ3n) is 3.08. The number of carbonyl (C=O) groups is 1. The van der Waals surface area contributed by atoms with Crippen LogP contribution in [0.2, 0.25) is 0 Å². The Balaban J connectivity index is 1.85. The van der Waals surface area contributed by atoms with Crippen molar-refractivity contribution in [1.29, 1.82) is 0 Å². The van der Waals surface area contributed by atoms with Crippen molar-refractivity contribution in [2.24, 2.45) is 0 Å². The van der Waals surface area contributed by atoms with E-state index in [-0.39, 0.29) is 12.2 Å². The van der Waals surface area contributed by atoms with E-state index in [4.69, 9.17) is 0 Å². The van der Waals surface area contributed by atoms with Crippen molar-refractivity contribution >= 4 is 11.7 Å². The minimum atomic E-state index is -4.81. The Hall–Kier alpha value is -2.91. The van der Waals surface area contributed by atoms with E-state index in [1.165, 1.54) is 24.3 Å². The van der Waals surface area contributed by atoms with Crippen LogP contribution in [0.5, 0.6) is 5.75 Å². The Morgan fingerprint density at radius 3 is 1.96 bits per heavy atom. The molecule has 10 heteroatoms. The standard InChI is InChI=1S/C16H12F6N2O2/c17-15(18,19)11-3-1-10(2-4-11)9-23-14(25)24-12-5-7-13(8-6-12)26-16(20,21)22/h1-8H,9H2,(H2,23,24,25). The minimum absolute atomic E-state index is 0.0285. The lowest BCUT2D eigenvalue weighted by Gasteiger charge is -2.11. The molecule has 0 unspecified atom stereocenters. The summed E-state index contributed by atoms with van der Waals surface area (Å²) >= 11 is 0. The lowest BCUT2D eigenvalue weighted by atomic mass is 10.1. The molecule has 0 aliphatic rings. The molecule has 140 valence electrons. The van der Waals surface area contributed by atoms with Crippen molar-refractivity contribution in [2.75, 3.05) is 5.32 Å². The molecule has 0 aliphatic carbocycles. The van der Waals surface area contributed by atoms with Gasteiger partial charge in [-0.3, -0.25) is 0 Å². The summed E-state index contributed by atoms with van der Waals surface area (Å²) in [6.07, 6.45) is -9.25. The molecule has 2 aromatic rings. The van der Waals surface area contributed by atoms with Gasteiger partial charge in [-0.05, 0) is 42.0 Å². The molecule has 4 nitrogen and oxygen atoms in total. The predicted octanol–water partition coefficient (Wildman–Crippen LogP) is 4.93. The molecule has 2 N–H and O–H groups in total. The van der Waals surface area contributed by atoms with E-state index in [1.807, 2.05) is 0 Å². The molecule has 0 radical (unpaired) electrons. The number of urea groups is 1. The fraction of sp³-hybridized carbons (Fsp3) is 0.188. The summed E-state index contributed by atoms with van der Waals surface area (Å²) in [5.74, 6) is -0.437. The first kappa shape index (κ1) is 19.4. The number of hydrogen-bond donors (Lipinski definition) is 2. The average Bonchev–Trinajstić information content (AvgIpc) is 2.53. The maximum Gasteiger partial charge on any atom is 0.573 e. The smallest absolute Gasteiger partial charge is 0.406 e. The number of rotatable bonds is 4. The van der Waals surface area contributed by atoms with E-state index in [1.54, 1.807) is 0 Å². The van der Waals surface area contributed by atoms with E-state index < -0.39 is 29.9 Å². The van der Waals surface area contributed by atoms with Gasteiger partial charge < -0.3 is 15.4 Å². The van der Waals surface area contributed by atoms with Crippen molar-refractivity contribution < 1.29 is 35.9 Å². The Morgan fingerprint density at radius 1 is 0.885 bits per heavy atom. The molecular formula is C16H12F6N2O2. The van der Waals surface area contributed by atoms with Crippen LogP contribution >= 0.6 is 0 Å². The number of nitrogens with one attached hydrogen (secondary N) is 2. The van der Waals surface area contributed by atoms with Gasteiger partial charge in [0, 0.05) is 12.2 Å². The van der Waals surface area contributed by atoms with Crippen LogP contribution < -0.4 is 15.4 Å². The molecule has 0 spiro atoms. The summed E-state index contributed by atoms with van der Waals surface area (Å²) in [5.41, 5.74) is -0.140. The highest BCUT2D eigenvalue weighted by atomic mass is 19.4. The van der Waals surface area contributed by atoms with Gasteiger partial charge in [-0.1, -0.05) is 12.1 Å². The molecule has 26 heavy (non-hydrogen) atoms. The highest BCUT2D eigenvalue weighted by Gasteiger charge is 2.31. The fourth-order valence-corrected chi connectivity index (χ4v) is 1.91. The fourth-order valence-electron chi connectivity index (χ4n) is 1.91. The molecule has 2 aromatic carbocycles. The largest absolute Gasteiger partial charge is 0.573 e. The summed E-state index contributed by atoms with van der Waals surface area (Å²) in [5, 5.41) is 4.79. The second-order valence-corrected chi connectivity index (χ2v) is 5.07. The second kappa shape index (κ2) is 7.54. The monoisotopic (exact) mass is 378 g/mol. The third kappa shape index (κ3) is 6.19. The number of hydrogen-bond acceptors (Lipinski definition) is 2. The summed E-state index contributed by atoms with van der Waals surface area (Å²) in [6, 6.07) is 8.05. The van der Waals surface area contributed by atoms with Gasteiger partial charge >= 0.3 is 18.6 Å². The van der Waals surface area contributed by atoms with Gasteiger partial charge in [0.15, 0.2) is 0 Å². The van der Waals surface area contributed by atoms with E-state index in [0.29, 0.717) is 5.56 Å². The first-order valence-corrected chi connectivity index (χ1v) is 7.10. The number of alkyl halides is 6. The molecule has 0 saturated heterocycles. The molecule has 0 aromatic heterocycles. The highest BCUT2D eigenvalue weighted by molar-refractivity contribution is 5.89. The Morgan fingerprint density at radius 2 is 1.46 bits per heavy atom. The Labute approximate surface area is 143 Å². The number of anilines is 1. The maximum absolute atomic E-state index is 12.4. The number of halogens is 6. The van der Waals surface area contributed by atoms with Crippen LogP contribution in [0.4, 0.5) is 36.8 Å². The highest BCUT2D eigenvalue weighted by Crippen LogP contribution is 2.29. The molecular weight excluding hydrogens is 366 g/mol. The van der Waals surface area contributed by atoms with Crippen LogP contribution in [0.1, 0.15) is 11.1 Å². The lowest BCUT2D eigenvalue weighted by Crippen LogP contribution is -2.28. The van der Waals surface area contributed by atoms with Crippen LogP contribution in [-0.2, 0) is 12.7 Å². The zero-order valence-corrected chi connectivity index (χ0v) is 12.9. The van der Waals surface area contributed by atoms with Gasteiger partial charge in [0.05, 0.1) is 5.56 Å². The first-order chi connectivity index (χ1) is 12.0. The quantitative estimate of drug-likeness (QED) is 0.742. The van der Waals surface area contributed by atoms with Gasteiger partial charge in [-0.2, -0.15) is 13.2 Å². The van der Waals surface area contributed by atoms with Gasteiger partial charge in [0.25, 0.3) is 0 Å². The zero-order chi connectivity index (χ0) is 19.4. The van der Waals surface area contributed by atoms with Gasteiger partial charge in [0.2, 0.25) is 0 Å². The van der Waals surface area contributed by atoms with Crippen molar-refractivity contribution in [3.63, 3.8) is 0 Å². The molecule has 0 bridgehead atoms. The Bertz CT molecular complexity index is 739.